The maximum atomic E-state index is 8.93. The molecule has 0 aromatic heterocycles. The van der Waals surface area contributed by atoms with Crippen LogP contribution in [0.15, 0.2) is 0 Å². The van der Waals surface area contributed by atoms with E-state index in [0.29, 0.717) is 0 Å². The summed E-state index contributed by atoms with van der Waals surface area (Å²) in [6.07, 6.45) is -2.33. The Labute approximate surface area is 113 Å². The summed E-state index contributed by atoms with van der Waals surface area (Å²) in [4.78, 5) is 26.2. The molecular weight excluding hydrogens is 212 g/mol. The van der Waals surface area contributed by atoms with Gasteiger partial charge in [0.15, 0.2) is 0 Å². The molecule has 9 heteroatoms. The largest absolute Gasteiger partial charge is 2.00 e. The van der Waals surface area contributed by atoms with E-state index in [-0.39, 0.29) is 60.8 Å². The Kier molecular flexibility index (Phi) is 26.2. The van der Waals surface area contributed by atoms with Crippen molar-refractivity contribution >= 4 is 78.9 Å². The third kappa shape index (κ3) is 48.7. The SMILES string of the molecule is O=C([O-])C(=O)[O-].O=C([O-])[O-].[Ca+2].[Mg+2]. The van der Waals surface area contributed by atoms with Crippen LogP contribution < -0.4 is 20.4 Å². The number of hydrogen-bond donors (Lipinski definition) is 0. The first-order valence-electron chi connectivity index (χ1n) is 1.68. The van der Waals surface area contributed by atoms with Crippen molar-refractivity contribution in [2.45, 2.75) is 0 Å². The fourth-order valence-corrected chi connectivity index (χ4v) is 0. The Morgan fingerprint density at radius 2 is 0.833 bits per heavy atom. The van der Waals surface area contributed by atoms with Crippen molar-refractivity contribution in [3.05, 3.63) is 0 Å². The maximum absolute atomic E-state index is 8.93. The standard InChI is InChI=1S/C2H2O4.CH2O3.Ca.Mg/c3-1(4)2(5)6;2-1(3)4;;/h(H,3,4)(H,5,6);(H2,2,3,4);;/q;;2*+2/p-4. The third-order valence-corrected chi connectivity index (χ3v) is 0.167. The van der Waals surface area contributed by atoms with E-state index in [9.17, 15) is 0 Å². The van der Waals surface area contributed by atoms with Crippen LogP contribution in [0.1, 0.15) is 0 Å². The van der Waals surface area contributed by atoms with Crippen molar-refractivity contribution in [1.29, 1.82) is 0 Å². The second-order valence-corrected chi connectivity index (χ2v) is 0.825. The summed E-state index contributed by atoms with van der Waals surface area (Å²) in [5.41, 5.74) is 0. The Balaban J connectivity index is -0.0000000483. The molecule has 0 amide bonds. The van der Waals surface area contributed by atoms with Gasteiger partial charge in [0.2, 0.25) is 0 Å². The number of carbonyl (C=O) groups excluding carboxylic acids is 3. The molecule has 0 atom stereocenters. The first-order chi connectivity index (χ1) is 4.37. The van der Waals surface area contributed by atoms with E-state index in [1.807, 2.05) is 0 Å². The van der Waals surface area contributed by atoms with E-state index in [0.717, 1.165) is 0 Å². The molecule has 0 aliphatic heterocycles. The molecule has 0 spiro atoms. The molecule has 0 saturated heterocycles. The van der Waals surface area contributed by atoms with Gasteiger partial charge in [0.25, 0.3) is 0 Å². The van der Waals surface area contributed by atoms with Crippen LogP contribution in [-0.4, -0.2) is 78.9 Å². The second kappa shape index (κ2) is 13.8. The molecule has 0 rings (SSSR count). The molecule has 12 heavy (non-hydrogen) atoms. The van der Waals surface area contributed by atoms with Gasteiger partial charge < -0.3 is 34.8 Å². The quantitative estimate of drug-likeness (QED) is 0.287. The van der Waals surface area contributed by atoms with E-state index in [2.05, 4.69) is 0 Å². The summed E-state index contributed by atoms with van der Waals surface area (Å²) in [6, 6.07) is 0. The van der Waals surface area contributed by atoms with Gasteiger partial charge in [-0.3, -0.25) is 0 Å². The van der Waals surface area contributed by atoms with E-state index in [4.69, 9.17) is 34.8 Å². The number of rotatable bonds is 0. The van der Waals surface area contributed by atoms with Gasteiger partial charge in [-0.2, -0.15) is 0 Å². The fourth-order valence-electron chi connectivity index (χ4n) is 0. The van der Waals surface area contributed by atoms with Gasteiger partial charge in [-0.05, 0) is 6.16 Å². The van der Waals surface area contributed by atoms with Crippen LogP contribution in [0.2, 0.25) is 0 Å². The molecule has 0 aliphatic carbocycles. The summed E-state index contributed by atoms with van der Waals surface area (Å²) in [5.74, 6) is -4.37. The summed E-state index contributed by atoms with van der Waals surface area (Å²) < 4.78 is 0. The molecule has 0 aliphatic rings. The normalized spacial score (nSPS) is 5.67. The predicted molar refractivity (Wildman–Crippen MR) is 26.9 cm³/mol. The van der Waals surface area contributed by atoms with Crippen molar-refractivity contribution in [3.63, 3.8) is 0 Å². The molecule has 0 bridgehead atoms. The number of aliphatic carboxylic acids is 2. The van der Waals surface area contributed by atoms with Crippen LogP contribution in [0.5, 0.6) is 0 Å². The number of carboxylic acids is 2. The Morgan fingerprint density at radius 1 is 0.750 bits per heavy atom. The van der Waals surface area contributed by atoms with Gasteiger partial charge >= 0.3 is 60.8 Å². The van der Waals surface area contributed by atoms with Gasteiger partial charge in [-0.1, -0.05) is 0 Å². The zero-order valence-corrected chi connectivity index (χ0v) is 9.39. The topological polar surface area (TPSA) is 143 Å². The summed E-state index contributed by atoms with van der Waals surface area (Å²) in [6.45, 7) is 0. The van der Waals surface area contributed by atoms with E-state index < -0.39 is 18.1 Å². The van der Waals surface area contributed by atoms with Crippen molar-refractivity contribution < 1.29 is 34.8 Å². The van der Waals surface area contributed by atoms with Gasteiger partial charge in [0.1, 0.15) is 0 Å². The van der Waals surface area contributed by atoms with Crippen LogP contribution in [-0.2, 0) is 9.59 Å². The fraction of sp³-hybridized carbons (Fsp3) is 0. The second-order valence-electron chi connectivity index (χ2n) is 0.825. The van der Waals surface area contributed by atoms with Crippen molar-refractivity contribution in [2.24, 2.45) is 0 Å². The molecule has 0 radical (unpaired) electrons. The van der Waals surface area contributed by atoms with E-state index >= 15 is 0 Å². The monoisotopic (exact) mass is 212 g/mol. The Morgan fingerprint density at radius 3 is 0.833 bits per heavy atom. The van der Waals surface area contributed by atoms with E-state index in [1.165, 1.54) is 0 Å². The molecule has 0 aromatic rings. The molecule has 0 N–H and O–H groups in total. The van der Waals surface area contributed by atoms with E-state index in [1.54, 1.807) is 0 Å². The number of carboxylic acid groups (broad SMARTS) is 4. The van der Waals surface area contributed by atoms with Crippen LogP contribution in [0.25, 0.3) is 0 Å². The minimum Gasteiger partial charge on any atom is -0.652 e. The molecule has 7 nitrogen and oxygen atoms in total. The molecule has 58 valence electrons. The van der Waals surface area contributed by atoms with Crippen molar-refractivity contribution in [3.8, 4) is 0 Å². The zero-order valence-electron chi connectivity index (χ0n) is 5.77. The third-order valence-electron chi connectivity index (χ3n) is 0.167. The predicted octanol–water partition coefficient (Wildman–Crippen LogP) is -6.72. The first kappa shape index (κ1) is 22.8. The molecular formula is C3CaMgO7. The molecule has 0 heterocycles. The average molecular weight is 212 g/mol. The van der Waals surface area contributed by atoms with Gasteiger partial charge in [-0.25, -0.2) is 0 Å². The number of hydrogen-bond acceptors (Lipinski definition) is 7. The van der Waals surface area contributed by atoms with Crippen LogP contribution in [0.4, 0.5) is 4.79 Å². The van der Waals surface area contributed by atoms with Crippen LogP contribution in [0.3, 0.4) is 0 Å². The van der Waals surface area contributed by atoms with Gasteiger partial charge in [0, 0.05) is 0 Å². The smallest absolute Gasteiger partial charge is 0.652 e. The molecule has 0 aromatic carbocycles. The van der Waals surface area contributed by atoms with Gasteiger partial charge in [-0.15, -0.1) is 0 Å². The summed E-state index contributed by atoms with van der Waals surface area (Å²) in [7, 11) is 0. The van der Waals surface area contributed by atoms with Gasteiger partial charge in [0.05, 0.1) is 11.9 Å². The number of carbonyl (C=O) groups is 3. The molecule has 0 saturated carbocycles. The first-order valence-corrected chi connectivity index (χ1v) is 1.68. The minimum atomic E-state index is -2.33. The Hall–Kier alpha value is 0.236. The minimum absolute atomic E-state index is 0. The summed E-state index contributed by atoms with van der Waals surface area (Å²) in [5, 5.41) is 34.5. The zero-order chi connectivity index (χ0) is 8.73. The molecule has 0 unspecified atom stereocenters. The van der Waals surface area contributed by atoms with Crippen LogP contribution in [0, 0.1) is 0 Å². The van der Waals surface area contributed by atoms with Crippen molar-refractivity contribution in [2.75, 3.05) is 0 Å². The maximum Gasteiger partial charge on any atom is 2.00 e. The summed E-state index contributed by atoms with van der Waals surface area (Å²) >= 11 is 0. The average Bonchev–Trinajstić information content (AvgIpc) is 1.63. The molecule has 0 fully saturated rings. The van der Waals surface area contributed by atoms with Crippen molar-refractivity contribution in [1.82, 2.24) is 0 Å². The van der Waals surface area contributed by atoms with Crippen LogP contribution >= 0.6 is 0 Å². The Bertz CT molecular complexity index is 141.